The van der Waals surface area contributed by atoms with Crippen LogP contribution >= 0.6 is 12.4 Å². The third kappa shape index (κ3) is 5.54. The number of benzene rings is 2. The van der Waals surface area contributed by atoms with Gasteiger partial charge in [0, 0.05) is 24.8 Å². The van der Waals surface area contributed by atoms with Gasteiger partial charge in [-0.3, -0.25) is 4.79 Å². The van der Waals surface area contributed by atoms with Crippen molar-refractivity contribution in [2.24, 2.45) is 0 Å². The van der Waals surface area contributed by atoms with Crippen molar-refractivity contribution in [1.29, 1.82) is 0 Å². The van der Waals surface area contributed by atoms with Crippen molar-refractivity contribution >= 4 is 24.0 Å². The third-order valence-corrected chi connectivity index (χ3v) is 8.52. The van der Waals surface area contributed by atoms with Crippen LogP contribution in [0.4, 0.5) is 5.69 Å². The van der Waals surface area contributed by atoms with E-state index in [1.54, 1.807) is 0 Å². The lowest BCUT2D eigenvalue weighted by Crippen LogP contribution is -2.58. The molecule has 35 heavy (non-hydrogen) atoms. The van der Waals surface area contributed by atoms with E-state index in [-0.39, 0.29) is 24.5 Å². The van der Waals surface area contributed by atoms with Crippen molar-refractivity contribution in [2.45, 2.75) is 95.3 Å². The Hall–Kier alpha value is -2.04. The summed E-state index contributed by atoms with van der Waals surface area (Å²) in [5.74, 6) is 0.202. The van der Waals surface area contributed by atoms with Gasteiger partial charge in [0.05, 0.1) is 0 Å². The smallest absolute Gasteiger partial charge is 0.247 e. The van der Waals surface area contributed by atoms with Crippen LogP contribution in [0.3, 0.4) is 0 Å². The molecule has 4 nitrogen and oxygen atoms in total. The molecule has 2 aromatic carbocycles. The molecular weight excluding hydrogens is 454 g/mol. The Bertz CT molecular complexity index is 947. The average Bonchev–Trinajstić information content (AvgIpc) is 3.15. The van der Waals surface area contributed by atoms with Crippen LogP contribution in [0.1, 0.15) is 87.9 Å². The summed E-state index contributed by atoms with van der Waals surface area (Å²) in [6.45, 7) is 4.17. The Labute approximate surface area is 217 Å². The molecule has 3 aliphatic rings. The van der Waals surface area contributed by atoms with E-state index in [2.05, 4.69) is 70.6 Å². The molecule has 5 rings (SSSR count). The molecule has 3 fully saturated rings. The first kappa shape index (κ1) is 26.0. The minimum Gasteiger partial charge on any atom is -0.332 e. The van der Waals surface area contributed by atoms with Gasteiger partial charge in [0.25, 0.3) is 0 Å². The van der Waals surface area contributed by atoms with Gasteiger partial charge >= 0.3 is 0 Å². The molecule has 2 aliphatic heterocycles. The lowest BCUT2D eigenvalue weighted by Gasteiger charge is -2.47. The summed E-state index contributed by atoms with van der Waals surface area (Å²) in [7, 11) is 0. The van der Waals surface area contributed by atoms with E-state index in [9.17, 15) is 4.79 Å². The maximum atomic E-state index is 13.7. The highest BCUT2D eigenvalue weighted by molar-refractivity contribution is 5.94. The molecule has 2 saturated heterocycles. The molecule has 0 bridgehead atoms. The van der Waals surface area contributed by atoms with Gasteiger partial charge < -0.3 is 15.1 Å². The molecule has 0 unspecified atom stereocenters. The molecule has 5 heteroatoms. The van der Waals surface area contributed by atoms with Crippen molar-refractivity contribution < 1.29 is 4.79 Å². The summed E-state index contributed by atoms with van der Waals surface area (Å²) >= 11 is 0. The van der Waals surface area contributed by atoms with Crippen LogP contribution in [-0.4, -0.2) is 35.5 Å². The number of nitrogens with one attached hydrogen (secondary N) is 1. The number of nitrogens with zero attached hydrogens (tertiary/aromatic N) is 2. The van der Waals surface area contributed by atoms with Gasteiger partial charge in [-0.2, -0.15) is 0 Å². The van der Waals surface area contributed by atoms with Gasteiger partial charge in [-0.1, -0.05) is 87.4 Å². The molecule has 1 N–H and O–H groups in total. The Balaban J connectivity index is 0.00000289. The van der Waals surface area contributed by atoms with E-state index < -0.39 is 5.54 Å². The summed E-state index contributed by atoms with van der Waals surface area (Å²) in [5.41, 5.74) is 3.07. The lowest BCUT2D eigenvalue weighted by atomic mass is 9.83. The van der Waals surface area contributed by atoms with E-state index in [1.165, 1.54) is 63.4 Å². The van der Waals surface area contributed by atoms with Crippen molar-refractivity contribution in [2.75, 3.05) is 18.0 Å². The fourth-order valence-corrected chi connectivity index (χ4v) is 6.60. The topological polar surface area (TPSA) is 35.6 Å². The fraction of sp³-hybridized carbons (Fsp3) is 0.567. The number of hydrogen-bond donors (Lipinski definition) is 1. The number of amides is 1. The minimum atomic E-state index is -0.471. The van der Waals surface area contributed by atoms with Gasteiger partial charge in [0.2, 0.25) is 5.91 Å². The summed E-state index contributed by atoms with van der Waals surface area (Å²) in [6.07, 6.45) is 14.0. The Morgan fingerprint density at radius 2 is 1.46 bits per heavy atom. The van der Waals surface area contributed by atoms with E-state index in [0.29, 0.717) is 6.04 Å². The van der Waals surface area contributed by atoms with Crippen molar-refractivity contribution in [1.82, 2.24) is 10.2 Å². The second kappa shape index (κ2) is 11.8. The number of piperidine rings is 1. The molecule has 1 amide bonds. The number of likely N-dealkylation sites (tertiary alicyclic amines) is 1. The lowest BCUT2D eigenvalue weighted by molar-refractivity contribution is -0.125. The van der Waals surface area contributed by atoms with Gasteiger partial charge in [-0.25, -0.2) is 0 Å². The van der Waals surface area contributed by atoms with E-state index in [1.807, 2.05) is 6.07 Å². The van der Waals surface area contributed by atoms with Crippen molar-refractivity contribution in [3.8, 4) is 0 Å². The monoisotopic (exact) mass is 495 g/mol. The molecule has 1 atom stereocenters. The normalized spacial score (nSPS) is 24.1. The number of carbonyl (C=O) groups is 1. The van der Waals surface area contributed by atoms with Gasteiger partial charge in [0.1, 0.15) is 11.7 Å². The number of halogens is 1. The maximum Gasteiger partial charge on any atom is 0.247 e. The Morgan fingerprint density at radius 1 is 0.829 bits per heavy atom. The highest BCUT2D eigenvalue weighted by atomic mass is 35.5. The Kier molecular flexibility index (Phi) is 8.77. The second-order valence-corrected chi connectivity index (χ2v) is 10.8. The molecule has 0 aromatic heterocycles. The first-order valence-corrected chi connectivity index (χ1v) is 13.6. The van der Waals surface area contributed by atoms with Crippen molar-refractivity contribution in [3.05, 3.63) is 65.7 Å². The molecule has 1 saturated carbocycles. The molecular formula is C30H42ClN3O. The van der Waals surface area contributed by atoms with Crippen LogP contribution in [0.2, 0.25) is 0 Å². The van der Waals surface area contributed by atoms with Gasteiger partial charge in [-0.15, -0.1) is 12.4 Å². The number of anilines is 1. The van der Waals surface area contributed by atoms with Gasteiger partial charge in [-0.05, 0) is 55.9 Å². The predicted molar refractivity (Wildman–Crippen MR) is 147 cm³/mol. The van der Waals surface area contributed by atoms with Crippen LogP contribution in [0, 0.1) is 6.92 Å². The molecule has 2 aromatic rings. The SMILES string of the molecule is Cc1cccc(N2[C@H](c3ccccc3)NC(=O)C23CCN(C2CCCCCCCCC2)CC3)c1.Cl. The molecule has 1 aliphatic carbocycles. The largest absolute Gasteiger partial charge is 0.332 e. The molecule has 2 heterocycles. The van der Waals surface area contributed by atoms with E-state index in [4.69, 9.17) is 0 Å². The maximum absolute atomic E-state index is 13.7. The number of aryl methyl sites for hydroxylation is 1. The minimum absolute atomic E-state index is 0. The predicted octanol–water partition coefficient (Wildman–Crippen LogP) is 6.78. The average molecular weight is 496 g/mol. The highest BCUT2D eigenvalue weighted by Gasteiger charge is 2.55. The first-order valence-electron chi connectivity index (χ1n) is 13.6. The number of carbonyl (C=O) groups excluding carboxylic acids is 1. The van der Waals surface area contributed by atoms with Crippen LogP contribution in [0.25, 0.3) is 0 Å². The first-order chi connectivity index (χ1) is 16.7. The standard InChI is InChI=1S/C30H41N3O.ClH/c1-24-13-12-18-27(23-24)33-28(25-14-8-7-9-15-25)31-29(34)30(33)19-21-32(22-20-30)26-16-10-5-3-2-4-6-11-17-26;/h7-9,12-15,18,23,26,28H,2-6,10-11,16-17,19-22H2,1H3,(H,31,34);1H/t28-;/m1./s1. The Morgan fingerprint density at radius 3 is 2.09 bits per heavy atom. The summed E-state index contributed by atoms with van der Waals surface area (Å²) < 4.78 is 0. The van der Waals surface area contributed by atoms with Gasteiger partial charge in [0.15, 0.2) is 0 Å². The van der Waals surface area contributed by atoms with Crippen LogP contribution in [0.5, 0.6) is 0 Å². The molecule has 190 valence electrons. The highest BCUT2D eigenvalue weighted by Crippen LogP contribution is 2.44. The zero-order chi connectivity index (χ0) is 23.4. The van der Waals surface area contributed by atoms with Crippen molar-refractivity contribution in [3.63, 3.8) is 0 Å². The molecule has 0 radical (unpaired) electrons. The summed E-state index contributed by atoms with van der Waals surface area (Å²) in [4.78, 5) is 18.8. The summed E-state index contributed by atoms with van der Waals surface area (Å²) in [6, 6.07) is 19.8. The van der Waals surface area contributed by atoms with E-state index >= 15 is 0 Å². The van der Waals surface area contributed by atoms with E-state index in [0.717, 1.165) is 37.2 Å². The van der Waals surface area contributed by atoms with Crippen LogP contribution in [-0.2, 0) is 4.79 Å². The van der Waals surface area contributed by atoms with Crippen LogP contribution in [0.15, 0.2) is 54.6 Å². The fourth-order valence-electron chi connectivity index (χ4n) is 6.60. The zero-order valence-corrected chi connectivity index (χ0v) is 22.1. The molecule has 1 spiro atoms. The summed E-state index contributed by atoms with van der Waals surface area (Å²) in [5, 5.41) is 3.40. The van der Waals surface area contributed by atoms with Crippen LogP contribution < -0.4 is 10.2 Å². The second-order valence-electron chi connectivity index (χ2n) is 10.8. The third-order valence-electron chi connectivity index (χ3n) is 8.52. The quantitative estimate of drug-likeness (QED) is 0.509. The number of rotatable bonds is 3. The number of hydrogen-bond acceptors (Lipinski definition) is 3. The zero-order valence-electron chi connectivity index (χ0n) is 21.3.